The van der Waals surface area contributed by atoms with Crippen molar-refractivity contribution in [2.45, 2.75) is 70.8 Å². The third kappa shape index (κ3) is 8.79. The second-order valence-corrected chi connectivity index (χ2v) is 7.77. The molecular formula is C25H33NO5. The maximum absolute atomic E-state index is 12.0. The molecule has 6 nitrogen and oxygen atoms in total. The van der Waals surface area contributed by atoms with Gasteiger partial charge in [0.1, 0.15) is 12.4 Å². The maximum atomic E-state index is 12.0. The van der Waals surface area contributed by atoms with Gasteiger partial charge in [-0.2, -0.15) is 0 Å². The number of ether oxygens (including phenoxy) is 2. The molecule has 0 saturated heterocycles. The van der Waals surface area contributed by atoms with Gasteiger partial charge in [0.2, 0.25) is 0 Å². The molecule has 0 unspecified atom stereocenters. The standard InChI is InChI=1S/C25H33NO5/c1-3-4-5-6-7-8-9-10-11-12-19-13-14-20(22(15-19)30-2)18-31-24(28)17-21-16-23(27)26-25(21)29/h3,13-16H,1,4-12,17-18H2,2H3,(H,26,27,29). The summed E-state index contributed by atoms with van der Waals surface area (Å²) in [5.74, 6) is -0.933. The van der Waals surface area contributed by atoms with Gasteiger partial charge in [0.25, 0.3) is 11.8 Å². The first-order valence-corrected chi connectivity index (χ1v) is 11.0. The summed E-state index contributed by atoms with van der Waals surface area (Å²) in [5, 5.41) is 2.11. The molecule has 0 aromatic heterocycles. The monoisotopic (exact) mass is 427 g/mol. The van der Waals surface area contributed by atoms with Gasteiger partial charge >= 0.3 is 5.97 Å². The Balaban J connectivity index is 1.71. The zero-order valence-electron chi connectivity index (χ0n) is 18.4. The van der Waals surface area contributed by atoms with Crippen molar-refractivity contribution in [2.75, 3.05) is 7.11 Å². The molecule has 6 heteroatoms. The van der Waals surface area contributed by atoms with Gasteiger partial charge in [-0.25, -0.2) is 0 Å². The molecule has 1 aromatic carbocycles. The smallest absolute Gasteiger partial charge is 0.310 e. The largest absolute Gasteiger partial charge is 0.496 e. The van der Waals surface area contributed by atoms with Crippen LogP contribution in [0.4, 0.5) is 0 Å². The van der Waals surface area contributed by atoms with Crippen molar-refractivity contribution in [3.05, 3.63) is 53.6 Å². The molecule has 0 aliphatic carbocycles. The van der Waals surface area contributed by atoms with Crippen molar-refractivity contribution >= 4 is 17.8 Å². The predicted octanol–water partition coefficient (Wildman–Crippen LogP) is 4.56. The number of methoxy groups -OCH3 is 1. The van der Waals surface area contributed by atoms with Crippen molar-refractivity contribution < 1.29 is 23.9 Å². The molecule has 0 saturated carbocycles. The van der Waals surface area contributed by atoms with Crippen LogP contribution in [0.25, 0.3) is 0 Å². The number of unbranched alkanes of at least 4 members (excludes halogenated alkanes) is 7. The highest BCUT2D eigenvalue weighted by Crippen LogP contribution is 2.23. The molecule has 1 aromatic rings. The van der Waals surface area contributed by atoms with E-state index in [9.17, 15) is 14.4 Å². The third-order valence-corrected chi connectivity index (χ3v) is 5.28. The fraction of sp³-hybridized carbons (Fsp3) is 0.480. The molecule has 0 atom stereocenters. The van der Waals surface area contributed by atoms with Gasteiger partial charge in [-0.05, 0) is 37.3 Å². The number of aryl methyl sites for hydroxylation is 1. The van der Waals surface area contributed by atoms with Gasteiger partial charge in [-0.15, -0.1) is 6.58 Å². The molecule has 0 fully saturated rings. The average molecular weight is 428 g/mol. The van der Waals surface area contributed by atoms with Gasteiger partial charge in [0.15, 0.2) is 0 Å². The number of carbonyl (C=O) groups is 3. The molecule has 1 N–H and O–H groups in total. The summed E-state index contributed by atoms with van der Waals surface area (Å²) in [6.45, 7) is 3.80. The highest BCUT2D eigenvalue weighted by atomic mass is 16.5. The highest BCUT2D eigenvalue weighted by Gasteiger charge is 2.23. The first kappa shape index (κ1) is 24.4. The minimum Gasteiger partial charge on any atom is -0.496 e. The summed E-state index contributed by atoms with van der Waals surface area (Å²) < 4.78 is 10.7. The van der Waals surface area contributed by atoms with Gasteiger partial charge < -0.3 is 9.47 Å². The molecule has 1 aliphatic rings. The Hall–Kier alpha value is -2.89. The minimum atomic E-state index is -0.563. The fourth-order valence-electron chi connectivity index (χ4n) is 3.51. The van der Waals surface area contributed by atoms with E-state index >= 15 is 0 Å². The number of hydrogen-bond donors (Lipinski definition) is 1. The normalized spacial score (nSPS) is 13.0. The van der Waals surface area contributed by atoms with E-state index in [1.165, 1.54) is 44.1 Å². The van der Waals surface area contributed by atoms with Crippen LogP contribution >= 0.6 is 0 Å². The Morgan fingerprint density at radius 2 is 1.77 bits per heavy atom. The van der Waals surface area contributed by atoms with Gasteiger partial charge in [-0.1, -0.05) is 50.3 Å². The lowest BCUT2D eigenvalue weighted by Crippen LogP contribution is -2.23. The second kappa shape index (κ2) is 13.4. The van der Waals surface area contributed by atoms with Crippen molar-refractivity contribution in [2.24, 2.45) is 0 Å². The number of hydrogen-bond acceptors (Lipinski definition) is 5. The summed E-state index contributed by atoms with van der Waals surface area (Å²) in [6, 6.07) is 5.93. The quantitative estimate of drug-likeness (QED) is 0.192. The van der Waals surface area contributed by atoms with E-state index in [0.717, 1.165) is 30.9 Å². The van der Waals surface area contributed by atoms with Crippen LogP contribution in [0.3, 0.4) is 0 Å². The molecule has 168 valence electrons. The summed E-state index contributed by atoms with van der Waals surface area (Å²) >= 11 is 0. The van der Waals surface area contributed by atoms with Gasteiger partial charge in [0.05, 0.1) is 13.5 Å². The topological polar surface area (TPSA) is 81.7 Å². The average Bonchev–Trinajstić information content (AvgIpc) is 3.07. The van der Waals surface area contributed by atoms with Gasteiger partial charge in [0, 0.05) is 17.2 Å². The van der Waals surface area contributed by atoms with Crippen molar-refractivity contribution in [1.29, 1.82) is 0 Å². The number of amides is 2. The molecular weight excluding hydrogens is 394 g/mol. The van der Waals surface area contributed by atoms with Crippen LogP contribution in [0.1, 0.15) is 68.9 Å². The van der Waals surface area contributed by atoms with E-state index in [-0.39, 0.29) is 18.6 Å². The van der Waals surface area contributed by atoms with E-state index in [1.54, 1.807) is 7.11 Å². The van der Waals surface area contributed by atoms with E-state index in [1.807, 2.05) is 24.3 Å². The Kier molecular flexibility index (Phi) is 10.6. The summed E-state index contributed by atoms with van der Waals surface area (Å²) in [7, 11) is 1.59. The number of carbonyl (C=O) groups excluding carboxylic acids is 3. The third-order valence-electron chi connectivity index (χ3n) is 5.28. The van der Waals surface area contributed by atoms with Crippen LogP contribution in [0.5, 0.6) is 5.75 Å². The molecule has 1 aliphatic heterocycles. The predicted molar refractivity (Wildman–Crippen MR) is 119 cm³/mol. The number of rotatable bonds is 15. The molecule has 1 heterocycles. The first-order chi connectivity index (χ1) is 15.0. The Labute approximate surface area is 184 Å². The Morgan fingerprint density at radius 3 is 2.42 bits per heavy atom. The summed E-state index contributed by atoms with van der Waals surface area (Å²) in [5.41, 5.74) is 2.08. The number of imide groups is 1. The van der Waals surface area contributed by atoms with Crippen LogP contribution in [-0.2, 0) is 32.1 Å². The van der Waals surface area contributed by atoms with Crippen LogP contribution < -0.4 is 10.1 Å². The molecule has 2 amide bonds. The second-order valence-electron chi connectivity index (χ2n) is 7.77. The zero-order chi connectivity index (χ0) is 22.5. The van der Waals surface area contributed by atoms with Crippen molar-refractivity contribution in [3.8, 4) is 5.75 Å². The SMILES string of the molecule is C=CCCCCCCCCCc1ccc(COC(=O)CC2=CC(=O)NC2=O)c(OC)c1. The molecule has 0 spiro atoms. The van der Waals surface area contributed by atoms with Crippen LogP contribution in [0.2, 0.25) is 0 Å². The first-order valence-electron chi connectivity index (χ1n) is 11.0. The minimum absolute atomic E-state index is 0.0526. The summed E-state index contributed by atoms with van der Waals surface area (Å²) in [6.07, 6.45) is 13.7. The number of allylic oxidation sites excluding steroid dienone is 1. The van der Waals surface area contributed by atoms with E-state index in [2.05, 4.69) is 11.9 Å². The van der Waals surface area contributed by atoms with E-state index < -0.39 is 17.8 Å². The van der Waals surface area contributed by atoms with E-state index in [4.69, 9.17) is 9.47 Å². The van der Waals surface area contributed by atoms with Crippen LogP contribution in [0.15, 0.2) is 42.5 Å². The number of nitrogens with one attached hydrogen (secondary N) is 1. The summed E-state index contributed by atoms with van der Waals surface area (Å²) in [4.78, 5) is 34.6. The zero-order valence-corrected chi connectivity index (χ0v) is 18.4. The maximum Gasteiger partial charge on any atom is 0.310 e. The lowest BCUT2D eigenvalue weighted by Gasteiger charge is -2.11. The van der Waals surface area contributed by atoms with E-state index in [0.29, 0.717) is 5.75 Å². The lowest BCUT2D eigenvalue weighted by atomic mass is 10.0. The van der Waals surface area contributed by atoms with Gasteiger partial charge in [-0.3, -0.25) is 19.7 Å². The highest BCUT2D eigenvalue weighted by molar-refractivity contribution is 6.17. The molecule has 2 rings (SSSR count). The van der Waals surface area contributed by atoms with Crippen molar-refractivity contribution in [1.82, 2.24) is 5.32 Å². The molecule has 31 heavy (non-hydrogen) atoms. The van der Waals surface area contributed by atoms with Crippen LogP contribution in [0, 0.1) is 0 Å². The Bertz CT molecular complexity index is 812. The van der Waals surface area contributed by atoms with Crippen molar-refractivity contribution in [3.63, 3.8) is 0 Å². The Morgan fingerprint density at radius 1 is 1.06 bits per heavy atom. The molecule has 0 radical (unpaired) electrons. The fourth-order valence-corrected chi connectivity index (χ4v) is 3.51. The number of benzene rings is 1. The molecule has 0 bridgehead atoms. The number of esters is 1. The van der Waals surface area contributed by atoms with Crippen LogP contribution in [-0.4, -0.2) is 24.9 Å². The lowest BCUT2D eigenvalue weighted by molar-refractivity contribution is -0.144.